The lowest BCUT2D eigenvalue weighted by Gasteiger charge is -2.18. The number of fused-ring (bicyclic) bond motifs is 1. The number of benzene rings is 1. The van der Waals surface area contributed by atoms with Crippen molar-refractivity contribution in [3.8, 4) is 5.75 Å². The third-order valence-corrected chi connectivity index (χ3v) is 3.35. The molecule has 19 heavy (non-hydrogen) atoms. The number of unbranched alkanes of at least 4 members (excludes halogenated alkanes) is 1. The first kappa shape index (κ1) is 13.8. The third-order valence-electron chi connectivity index (χ3n) is 3.35. The average Bonchev–Trinajstić information content (AvgIpc) is 2.60. The fourth-order valence-corrected chi connectivity index (χ4v) is 2.32. The molecule has 2 rings (SSSR count). The summed E-state index contributed by atoms with van der Waals surface area (Å²) in [6.45, 7) is 2.55. The molecule has 0 bridgehead atoms. The number of halogens is 1. The fourth-order valence-electron chi connectivity index (χ4n) is 2.32. The Balaban J connectivity index is 2.13. The van der Waals surface area contributed by atoms with Gasteiger partial charge in [0, 0.05) is 12.0 Å². The summed E-state index contributed by atoms with van der Waals surface area (Å²) in [5, 5.41) is 2.99. The van der Waals surface area contributed by atoms with Crippen LogP contribution in [0.1, 0.15) is 50.6 Å². The van der Waals surface area contributed by atoms with Crippen molar-refractivity contribution in [2.24, 2.45) is 0 Å². The van der Waals surface area contributed by atoms with Crippen molar-refractivity contribution in [2.45, 2.75) is 45.1 Å². The highest BCUT2D eigenvalue weighted by Gasteiger charge is 2.23. The van der Waals surface area contributed by atoms with Crippen molar-refractivity contribution in [3.05, 3.63) is 29.6 Å². The molecule has 1 aromatic rings. The molecule has 0 aromatic heterocycles. The van der Waals surface area contributed by atoms with Gasteiger partial charge in [0.15, 0.2) is 11.6 Å². The van der Waals surface area contributed by atoms with E-state index in [1.54, 1.807) is 6.07 Å². The zero-order valence-electron chi connectivity index (χ0n) is 11.2. The van der Waals surface area contributed by atoms with Crippen LogP contribution in [0.4, 0.5) is 4.39 Å². The predicted molar refractivity (Wildman–Crippen MR) is 71.5 cm³/mol. The lowest BCUT2D eigenvalue weighted by atomic mass is 10.0. The second kappa shape index (κ2) is 6.55. The van der Waals surface area contributed by atoms with Gasteiger partial charge < -0.3 is 10.1 Å². The maximum absolute atomic E-state index is 13.7. The number of carbonyl (C=O) groups is 1. The van der Waals surface area contributed by atoms with E-state index in [2.05, 4.69) is 12.2 Å². The molecule has 0 saturated heterocycles. The van der Waals surface area contributed by atoms with Crippen molar-refractivity contribution in [1.82, 2.24) is 5.32 Å². The summed E-state index contributed by atoms with van der Waals surface area (Å²) in [5.74, 6) is -0.0306. The summed E-state index contributed by atoms with van der Waals surface area (Å²) in [5.41, 5.74) is 0.752. The fraction of sp³-hybridized carbons (Fsp3) is 0.533. The third kappa shape index (κ3) is 3.46. The minimum absolute atomic E-state index is 0.0314. The molecule has 0 spiro atoms. The molecule has 0 radical (unpaired) electrons. The molecule has 104 valence electrons. The van der Waals surface area contributed by atoms with Gasteiger partial charge in [-0.25, -0.2) is 4.39 Å². The zero-order chi connectivity index (χ0) is 13.7. The lowest BCUT2D eigenvalue weighted by Crippen LogP contribution is -2.28. The molecule has 1 heterocycles. The van der Waals surface area contributed by atoms with Crippen LogP contribution in [-0.4, -0.2) is 12.5 Å². The van der Waals surface area contributed by atoms with Crippen LogP contribution in [0.2, 0.25) is 0 Å². The van der Waals surface area contributed by atoms with Crippen molar-refractivity contribution >= 4 is 5.91 Å². The number of amides is 1. The van der Waals surface area contributed by atoms with E-state index in [9.17, 15) is 9.18 Å². The van der Waals surface area contributed by atoms with Crippen LogP contribution in [0.15, 0.2) is 18.2 Å². The maximum atomic E-state index is 13.7. The normalized spacial score (nSPS) is 18.1. The van der Waals surface area contributed by atoms with Crippen LogP contribution in [0.3, 0.4) is 0 Å². The number of nitrogens with one attached hydrogen (secondary N) is 1. The van der Waals surface area contributed by atoms with Crippen LogP contribution in [0.25, 0.3) is 0 Å². The summed E-state index contributed by atoms with van der Waals surface area (Å²) in [4.78, 5) is 11.8. The van der Waals surface area contributed by atoms with Gasteiger partial charge in [-0.2, -0.15) is 0 Å². The molecular formula is C15H20FNO2. The molecule has 1 aromatic carbocycles. The van der Waals surface area contributed by atoms with E-state index in [4.69, 9.17) is 4.74 Å². The quantitative estimate of drug-likeness (QED) is 0.906. The summed E-state index contributed by atoms with van der Waals surface area (Å²) in [6.07, 6.45) is 4.00. The van der Waals surface area contributed by atoms with E-state index in [1.165, 1.54) is 6.07 Å². The zero-order valence-corrected chi connectivity index (χ0v) is 11.2. The Bertz CT molecular complexity index is 448. The largest absolute Gasteiger partial charge is 0.490 e. The van der Waals surface area contributed by atoms with Crippen LogP contribution in [-0.2, 0) is 4.79 Å². The molecular weight excluding hydrogens is 245 g/mol. The molecule has 1 aliphatic rings. The highest BCUT2D eigenvalue weighted by molar-refractivity contribution is 5.76. The average molecular weight is 265 g/mol. The Hall–Kier alpha value is -1.58. The summed E-state index contributed by atoms with van der Waals surface area (Å²) in [6, 6.07) is 4.74. The molecule has 0 saturated carbocycles. The van der Waals surface area contributed by atoms with Crippen molar-refractivity contribution in [1.29, 1.82) is 0 Å². The van der Waals surface area contributed by atoms with Gasteiger partial charge in [0.1, 0.15) is 0 Å². The highest BCUT2D eigenvalue weighted by Crippen LogP contribution is 2.33. The molecule has 1 amide bonds. The van der Waals surface area contributed by atoms with E-state index >= 15 is 0 Å². The Labute approximate surface area is 113 Å². The first-order valence-electron chi connectivity index (χ1n) is 6.93. The highest BCUT2D eigenvalue weighted by atomic mass is 19.1. The van der Waals surface area contributed by atoms with E-state index < -0.39 is 0 Å². The van der Waals surface area contributed by atoms with E-state index in [-0.39, 0.29) is 17.8 Å². The van der Waals surface area contributed by atoms with Crippen molar-refractivity contribution < 1.29 is 13.9 Å². The Morgan fingerprint density at radius 1 is 1.53 bits per heavy atom. The van der Waals surface area contributed by atoms with Gasteiger partial charge in [0.05, 0.1) is 12.6 Å². The van der Waals surface area contributed by atoms with Crippen molar-refractivity contribution in [2.75, 3.05) is 6.61 Å². The number of carbonyl (C=O) groups excluding carboxylic acids is 1. The molecule has 1 unspecified atom stereocenters. The van der Waals surface area contributed by atoms with Gasteiger partial charge >= 0.3 is 0 Å². The summed E-state index contributed by atoms with van der Waals surface area (Å²) < 4.78 is 19.2. The number of hydrogen-bond donors (Lipinski definition) is 1. The van der Waals surface area contributed by atoms with Crippen LogP contribution < -0.4 is 10.1 Å². The summed E-state index contributed by atoms with van der Waals surface area (Å²) >= 11 is 0. The molecule has 1 atom stereocenters. The van der Waals surface area contributed by atoms with Crippen molar-refractivity contribution in [3.63, 3.8) is 0 Å². The van der Waals surface area contributed by atoms with Crippen LogP contribution in [0.5, 0.6) is 5.75 Å². The second-order valence-electron chi connectivity index (χ2n) is 4.87. The molecule has 1 aliphatic heterocycles. The van der Waals surface area contributed by atoms with E-state index in [0.29, 0.717) is 18.8 Å². The molecule has 1 N–H and O–H groups in total. The number of hydrogen-bond acceptors (Lipinski definition) is 2. The minimum atomic E-state index is -0.354. The minimum Gasteiger partial charge on any atom is -0.490 e. The number of rotatable bonds is 4. The summed E-state index contributed by atoms with van der Waals surface area (Å²) in [7, 11) is 0. The predicted octanol–water partition coefficient (Wildman–Crippen LogP) is 3.35. The van der Waals surface area contributed by atoms with E-state index in [1.807, 2.05) is 6.07 Å². The van der Waals surface area contributed by atoms with Crippen LogP contribution in [0, 0.1) is 5.82 Å². The lowest BCUT2D eigenvalue weighted by molar-refractivity contribution is -0.122. The molecule has 4 heteroatoms. The Morgan fingerprint density at radius 2 is 2.37 bits per heavy atom. The van der Waals surface area contributed by atoms with Gasteiger partial charge in [0.2, 0.25) is 5.91 Å². The van der Waals surface area contributed by atoms with Gasteiger partial charge in [0.25, 0.3) is 0 Å². The smallest absolute Gasteiger partial charge is 0.220 e. The molecule has 0 aliphatic carbocycles. The number of para-hydroxylation sites is 1. The van der Waals surface area contributed by atoms with Gasteiger partial charge in [-0.1, -0.05) is 25.5 Å². The Kier molecular flexibility index (Phi) is 4.77. The Morgan fingerprint density at radius 3 is 3.16 bits per heavy atom. The SMILES string of the molecule is CCCCC(=O)NC1CCCOc2c(F)cccc21. The van der Waals surface area contributed by atoms with Gasteiger partial charge in [-0.05, 0) is 25.3 Å². The standard InChI is InChI=1S/C15H20FNO2/c1-2-3-9-14(18)17-13-8-5-10-19-15-11(13)6-4-7-12(15)16/h4,6-7,13H,2-3,5,8-10H2,1H3,(H,17,18). The van der Waals surface area contributed by atoms with Gasteiger partial charge in [-0.3, -0.25) is 4.79 Å². The second-order valence-corrected chi connectivity index (χ2v) is 4.87. The van der Waals surface area contributed by atoms with E-state index in [0.717, 1.165) is 31.2 Å². The first-order valence-corrected chi connectivity index (χ1v) is 6.93. The van der Waals surface area contributed by atoms with Gasteiger partial charge in [-0.15, -0.1) is 0 Å². The maximum Gasteiger partial charge on any atom is 0.220 e. The monoisotopic (exact) mass is 265 g/mol. The molecule has 3 nitrogen and oxygen atoms in total. The topological polar surface area (TPSA) is 38.3 Å². The number of ether oxygens (including phenoxy) is 1. The molecule has 0 fully saturated rings. The van der Waals surface area contributed by atoms with Crippen LogP contribution >= 0.6 is 0 Å². The first-order chi connectivity index (χ1) is 9.22.